The highest BCUT2D eigenvalue weighted by atomic mass is 32.2. The molecule has 0 unspecified atom stereocenters. The Morgan fingerprint density at radius 1 is 0.848 bits per heavy atom. The molecule has 46 heavy (non-hydrogen) atoms. The molecule has 1 aromatic heterocycles. The van der Waals surface area contributed by atoms with Gasteiger partial charge in [-0.15, -0.1) is 0 Å². The van der Waals surface area contributed by atoms with Gasteiger partial charge in [0.1, 0.15) is 0 Å². The normalized spacial score (nSPS) is 13.2. The molecule has 3 amide bonds. The van der Waals surface area contributed by atoms with Crippen LogP contribution in [0.1, 0.15) is 51.7 Å². The summed E-state index contributed by atoms with van der Waals surface area (Å²) in [6.45, 7) is 3.86. The van der Waals surface area contributed by atoms with Gasteiger partial charge in [-0.3, -0.25) is 18.7 Å². The molecule has 12 heteroatoms. The largest absolute Gasteiger partial charge is 0.348 e. The number of carbonyl (C=O) groups excluding carboxylic acids is 3. The lowest BCUT2D eigenvalue weighted by Crippen LogP contribution is -2.48. The summed E-state index contributed by atoms with van der Waals surface area (Å²) in [5.41, 5.74) is 3.02. The lowest BCUT2D eigenvalue weighted by atomic mass is 10.0. The van der Waals surface area contributed by atoms with E-state index in [0.29, 0.717) is 12.1 Å². The quantitative estimate of drug-likeness (QED) is 0.156. The number of nitrogens with one attached hydrogen (secondary N) is 4. The van der Waals surface area contributed by atoms with Crippen LogP contribution in [-0.4, -0.2) is 58.1 Å². The van der Waals surface area contributed by atoms with Gasteiger partial charge in [-0.05, 0) is 78.6 Å². The van der Waals surface area contributed by atoms with Crippen molar-refractivity contribution in [1.29, 1.82) is 0 Å². The van der Waals surface area contributed by atoms with Crippen molar-refractivity contribution < 1.29 is 22.8 Å². The second-order valence-electron chi connectivity index (χ2n) is 11.1. The summed E-state index contributed by atoms with van der Waals surface area (Å²) < 4.78 is 25.9. The number of benzene rings is 3. The summed E-state index contributed by atoms with van der Waals surface area (Å²) in [5, 5.41) is 16.0. The Kier molecular flexibility index (Phi) is 11.7. The molecule has 4 N–H and O–H groups in total. The maximum atomic E-state index is 13.7. The molecule has 0 bridgehead atoms. The molecule has 0 saturated carbocycles. The topological polar surface area (TPSA) is 137 Å². The summed E-state index contributed by atoms with van der Waals surface area (Å²) in [5.74, 6) is -1.16. The van der Waals surface area contributed by atoms with Gasteiger partial charge in [-0.2, -0.15) is 11.3 Å². The zero-order valence-corrected chi connectivity index (χ0v) is 27.8. The van der Waals surface area contributed by atoms with Crippen molar-refractivity contribution in [2.24, 2.45) is 0 Å². The molecule has 4 rings (SSSR count). The number of sulfonamides is 1. The number of nitrogens with zero attached hydrogens (tertiary/aromatic N) is 1. The predicted molar refractivity (Wildman–Crippen MR) is 184 cm³/mol. The predicted octanol–water partition coefficient (Wildman–Crippen LogP) is 4.59. The maximum absolute atomic E-state index is 13.7. The highest BCUT2D eigenvalue weighted by Crippen LogP contribution is 2.22. The molecule has 0 radical (unpaired) electrons. The first-order valence-corrected chi connectivity index (χ1v) is 17.6. The zero-order valence-electron chi connectivity index (χ0n) is 26.2. The molecule has 3 aromatic carbocycles. The van der Waals surface area contributed by atoms with Gasteiger partial charge in [-0.1, -0.05) is 48.5 Å². The van der Waals surface area contributed by atoms with E-state index in [-0.39, 0.29) is 35.3 Å². The molecule has 10 nitrogen and oxygen atoms in total. The Hall–Kier alpha value is -4.52. The summed E-state index contributed by atoms with van der Waals surface area (Å²) in [7, 11) is -2.32. The van der Waals surface area contributed by atoms with Crippen LogP contribution < -0.4 is 25.6 Å². The van der Waals surface area contributed by atoms with Gasteiger partial charge >= 0.3 is 0 Å². The number of hydrogen-bond donors (Lipinski definition) is 4. The first-order chi connectivity index (χ1) is 21.9. The summed E-state index contributed by atoms with van der Waals surface area (Å²) in [6.07, 6.45) is 1.54. The van der Waals surface area contributed by atoms with Crippen LogP contribution in [0.15, 0.2) is 95.7 Å². The summed E-state index contributed by atoms with van der Waals surface area (Å²) in [6, 6.07) is 23.6. The number of amides is 3. The van der Waals surface area contributed by atoms with E-state index >= 15 is 0 Å². The minimum atomic E-state index is -3.69. The lowest BCUT2D eigenvalue weighted by molar-refractivity contribution is -0.117. The fourth-order valence-electron chi connectivity index (χ4n) is 4.67. The van der Waals surface area contributed by atoms with Gasteiger partial charge in [0.05, 0.1) is 24.0 Å². The van der Waals surface area contributed by atoms with Crippen LogP contribution >= 0.6 is 11.3 Å². The number of hydrogen-bond acceptors (Lipinski definition) is 7. The third-order valence-electron chi connectivity index (χ3n) is 7.45. The van der Waals surface area contributed by atoms with Crippen molar-refractivity contribution in [3.8, 4) is 0 Å². The van der Waals surface area contributed by atoms with Crippen LogP contribution in [0.2, 0.25) is 0 Å². The van der Waals surface area contributed by atoms with E-state index in [2.05, 4.69) is 21.3 Å². The zero-order chi connectivity index (χ0) is 33.3. The van der Waals surface area contributed by atoms with Crippen molar-refractivity contribution in [2.45, 2.75) is 38.4 Å². The first-order valence-electron chi connectivity index (χ1n) is 14.8. The van der Waals surface area contributed by atoms with Gasteiger partial charge in [0.15, 0.2) is 0 Å². The van der Waals surface area contributed by atoms with Crippen LogP contribution in [0.5, 0.6) is 0 Å². The van der Waals surface area contributed by atoms with Crippen molar-refractivity contribution >= 4 is 50.5 Å². The molecule has 3 atom stereocenters. The average molecular weight is 662 g/mol. The third kappa shape index (κ3) is 9.74. The van der Waals surface area contributed by atoms with Crippen LogP contribution in [0.3, 0.4) is 0 Å². The molecule has 0 spiro atoms. The van der Waals surface area contributed by atoms with Crippen molar-refractivity contribution in [3.63, 3.8) is 0 Å². The molecule has 0 aliphatic rings. The first kappa shape index (κ1) is 34.4. The molecule has 0 saturated heterocycles. The standard InChI is InChI=1S/C34H39N5O5S2/c1-23(26-11-7-5-8-12-26)36-33(41)27-18-28(20-31(19-27)39(3)46(4,43)44)34(42)38-30(17-25-15-16-45-22-25)21-35-24(2)32(40)37-29-13-9-6-10-14-29/h5-16,18-20,22-24,30,35H,17,21H2,1-4H3,(H,36,41)(H,37,40)(H,38,42)/t23-,24+,30+/m1/s1. The number of carbonyl (C=O) groups is 3. The highest BCUT2D eigenvalue weighted by molar-refractivity contribution is 7.92. The Labute approximate surface area is 274 Å². The third-order valence-corrected chi connectivity index (χ3v) is 9.39. The van der Waals surface area contributed by atoms with Crippen LogP contribution in [0.4, 0.5) is 11.4 Å². The summed E-state index contributed by atoms with van der Waals surface area (Å²) in [4.78, 5) is 39.9. The van der Waals surface area contributed by atoms with E-state index in [1.165, 1.54) is 36.6 Å². The number of para-hydroxylation sites is 1. The molecule has 242 valence electrons. The minimum absolute atomic E-state index is 0.121. The fourth-order valence-corrected chi connectivity index (χ4v) is 5.84. The minimum Gasteiger partial charge on any atom is -0.348 e. The van der Waals surface area contributed by atoms with Gasteiger partial charge in [0.25, 0.3) is 11.8 Å². The maximum Gasteiger partial charge on any atom is 0.251 e. The van der Waals surface area contributed by atoms with E-state index in [9.17, 15) is 22.8 Å². The number of anilines is 2. The van der Waals surface area contributed by atoms with Gasteiger partial charge in [0.2, 0.25) is 15.9 Å². The molecular weight excluding hydrogens is 623 g/mol. The van der Waals surface area contributed by atoms with Crippen molar-refractivity contribution in [3.05, 3.63) is 118 Å². The number of thiophene rings is 1. The highest BCUT2D eigenvalue weighted by Gasteiger charge is 2.23. The molecular formula is C34H39N5O5S2. The Morgan fingerprint density at radius 3 is 2.04 bits per heavy atom. The van der Waals surface area contributed by atoms with E-state index in [1.54, 1.807) is 19.1 Å². The van der Waals surface area contributed by atoms with Gasteiger partial charge < -0.3 is 21.3 Å². The van der Waals surface area contributed by atoms with E-state index < -0.39 is 33.9 Å². The van der Waals surface area contributed by atoms with Crippen molar-refractivity contribution in [1.82, 2.24) is 16.0 Å². The smallest absolute Gasteiger partial charge is 0.251 e. The lowest BCUT2D eigenvalue weighted by Gasteiger charge is -2.23. The SMILES string of the molecule is C[C@H](NC[C@H](Cc1ccsc1)NC(=O)c1cc(C(=O)N[C@H](C)c2ccccc2)cc(N(C)S(C)(=O)=O)c1)C(=O)Nc1ccccc1. The van der Waals surface area contributed by atoms with Crippen LogP contribution in [0.25, 0.3) is 0 Å². The molecule has 0 aliphatic carbocycles. The summed E-state index contributed by atoms with van der Waals surface area (Å²) >= 11 is 1.54. The van der Waals surface area contributed by atoms with E-state index in [4.69, 9.17) is 0 Å². The van der Waals surface area contributed by atoms with Crippen molar-refractivity contribution in [2.75, 3.05) is 29.5 Å². The molecule has 0 fully saturated rings. The monoisotopic (exact) mass is 661 g/mol. The van der Waals surface area contributed by atoms with Crippen LogP contribution in [0, 0.1) is 0 Å². The number of rotatable bonds is 14. The van der Waals surface area contributed by atoms with Gasteiger partial charge in [0, 0.05) is 36.4 Å². The van der Waals surface area contributed by atoms with E-state index in [1.807, 2.05) is 72.3 Å². The second kappa shape index (κ2) is 15.7. The average Bonchev–Trinajstić information content (AvgIpc) is 3.56. The Morgan fingerprint density at radius 2 is 1.46 bits per heavy atom. The van der Waals surface area contributed by atoms with E-state index in [0.717, 1.165) is 21.7 Å². The Balaban J connectivity index is 1.54. The van der Waals surface area contributed by atoms with Gasteiger partial charge in [-0.25, -0.2) is 8.42 Å². The molecule has 0 aliphatic heterocycles. The molecule has 1 heterocycles. The molecule has 4 aromatic rings. The van der Waals surface area contributed by atoms with Crippen LogP contribution in [-0.2, 0) is 21.2 Å². The Bertz CT molecular complexity index is 1730. The second-order valence-corrected chi connectivity index (χ2v) is 13.9. The fraction of sp³-hybridized carbons (Fsp3) is 0.265.